The zero-order valence-corrected chi connectivity index (χ0v) is 19.2. The summed E-state index contributed by atoms with van der Waals surface area (Å²) in [5.41, 5.74) is 3.15. The van der Waals surface area contributed by atoms with Gasteiger partial charge in [0.1, 0.15) is 0 Å². The molecule has 30 heavy (non-hydrogen) atoms. The Kier molecular flexibility index (Phi) is 6.69. The predicted molar refractivity (Wildman–Crippen MR) is 126 cm³/mol. The van der Waals surface area contributed by atoms with Crippen LogP contribution in [0.2, 0.25) is 0 Å². The monoisotopic (exact) mass is 423 g/mol. The fraction of sp³-hybridized carbons (Fsp3) is 0.480. The van der Waals surface area contributed by atoms with Gasteiger partial charge in [0.15, 0.2) is 0 Å². The fourth-order valence-electron chi connectivity index (χ4n) is 4.40. The standard InChI is InChI=1S/C25H33N3OS/c1-18(2)12-13-26-25(29)20-10-11-24-22(16-20)28(19(3)17-27-14-6-7-15-27)21-8-4-5-9-23(21)30-24/h4-5,8-11,16,18-19H,6-7,12-15,17H2,1-3H3,(H,26,29)/t19-/m1/s1. The molecule has 2 aromatic carbocycles. The van der Waals surface area contributed by atoms with Crippen molar-refractivity contribution in [2.24, 2.45) is 5.92 Å². The number of rotatable bonds is 7. The minimum Gasteiger partial charge on any atom is -0.352 e. The van der Waals surface area contributed by atoms with E-state index in [0.29, 0.717) is 12.0 Å². The van der Waals surface area contributed by atoms with E-state index in [0.717, 1.165) is 30.8 Å². The number of hydrogen-bond acceptors (Lipinski definition) is 4. The van der Waals surface area contributed by atoms with Crippen LogP contribution < -0.4 is 10.2 Å². The van der Waals surface area contributed by atoms with Crippen LogP contribution in [0.5, 0.6) is 0 Å². The summed E-state index contributed by atoms with van der Waals surface area (Å²) in [6.07, 6.45) is 3.60. The number of fused-ring (bicyclic) bond motifs is 2. The Bertz CT molecular complexity index is 892. The summed E-state index contributed by atoms with van der Waals surface area (Å²) in [5, 5.41) is 3.09. The molecule has 0 aromatic heterocycles. The number of amides is 1. The van der Waals surface area contributed by atoms with E-state index in [9.17, 15) is 4.79 Å². The summed E-state index contributed by atoms with van der Waals surface area (Å²) in [6.45, 7) is 10.8. The van der Waals surface area contributed by atoms with Crippen molar-refractivity contribution >= 4 is 29.0 Å². The SMILES string of the molecule is CC(C)CCNC(=O)c1ccc2c(c1)N([C@H](C)CN1CCCC1)c1ccccc1S2. The Morgan fingerprint density at radius 3 is 2.53 bits per heavy atom. The van der Waals surface area contributed by atoms with Gasteiger partial charge >= 0.3 is 0 Å². The number of para-hydroxylation sites is 1. The molecule has 5 heteroatoms. The van der Waals surface area contributed by atoms with Crippen LogP contribution in [0.25, 0.3) is 0 Å². The first-order chi connectivity index (χ1) is 14.5. The first-order valence-corrected chi connectivity index (χ1v) is 12.1. The number of likely N-dealkylation sites (tertiary alicyclic amines) is 1. The lowest BCUT2D eigenvalue weighted by atomic mass is 10.1. The van der Waals surface area contributed by atoms with Crippen molar-refractivity contribution in [2.75, 3.05) is 31.1 Å². The summed E-state index contributed by atoms with van der Waals surface area (Å²) in [7, 11) is 0. The fourth-order valence-corrected chi connectivity index (χ4v) is 5.45. The molecule has 1 fully saturated rings. The molecule has 0 spiro atoms. The van der Waals surface area contributed by atoms with Crippen LogP contribution in [0.15, 0.2) is 52.3 Å². The summed E-state index contributed by atoms with van der Waals surface area (Å²) in [6, 6.07) is 15.1. The van der Waals surface area contributed by atoms with Crippen LogP contribution in [-0.4, -0.2) is 43.0 Å². The Morgan fingerprint density at radius 1 is 1.03 bits per heavy atom. The number of nitrogens with zero attached hydrogens (tertiary/aromatic N) is 2. The van der Waals surface area contributed by atoms with Gasteiger partial charge in [-0.3, -0.25) is 4.79 Å². The number of nitrogens with one attached hydrogen (secondary N) is 1. The molecule has 2 aliphatic heterocycles. The van der Waals surface area contributed by atoms with Crippen LogP contribution in [0.1, 0.15) is 50.4 Å². The van der Waals surface area contributed by atoms with Crippen LogP contribution >= 0.6 is 11.8 Å². The van der Waals surface area contributed by atoms with Crippen molar-refractivity contribution in [3.05, 3.63) is 48.0 Å². The van der Waals surface area contributed by atoms with Crippen molar-refractivity contribution in [1.82, 2.24) is 10.2 Å². The van der Waals surface area contributed by atoms with Crippen molar-refractivity contribution in [3.8, 4) is 0 Å². The second-order valence-corrected chi connectivity index (χ2v) is 10.0. The summed E-state index contributed by atoms with van der Waals surface area (Å²) >= 11 is 1.80. The molecule has 0 saturated carbocycles. The maximum atomic E-state index is 12.8. The highest BCUT2D eigenvalue weighted by Crippen LogP contribution is 2.49. The van der Waals surface area contributed by atoms with Gasteiger partial charge in [0.25, 0.3) is 5.91 Å². The van der Waals surface area contributed by atoms with Crippen LogP contribution in [0.4, 0.5) is 11.4 Å². The molecule has 4 nitrogen and oxygen atoms in total. The molecule has 1 N–H and O–H groups in total. The summed E-state index contributed by atoms with van der Waals surface area (Å²) < 4.78 is 0. The number of anilines is 2. The second-order valence-electron chi connectivity index (χ2n) is 8.92. The molecule has 160 valence electrons. The lowest BCUT2D eigenvalue weighted by Crippen LogP contribution is -2.40. The van der Waals surface area contributed by atoms with Gasteiger partial charge in [-0.1, -0.05) is 37.7 Å². The summed E-state index contributed by atoms with van der Waals surface area (Å²) in [5.74, 6) is 0.609. The van der Waals surface area contributed by atoms with E-state index >= 15 is 0 Å². The van der Waals surface area contributed by atoms with E-state index in [1.807, 2.05) is 6.07 Å². The van der Waals surface area contributed by atoms with Crippen LogP contribution in [-0.2, 0) is 0 Å². The van der Waals surface area contributed by atoms with Gasteiger partial charge in [0.2, 0.25) is 0 Å². The first-order valence-electron chi connectivity index (χ1n) is 11.2. The largest absolute Gasteiger partial charge is 0.352 e. The van der Waals surface area contributed by atoms with E-state index in [-0.39, 0.29) is 5.91 Å². The molecular formula is C25H33N3OS. The lowest BCUT2D eigenvalue weighted by molar-refractivity contribution is 0.0952. The molecule has 2 aromatic rings. The highest BCUT2D eigenvalue weighted by Gasteiger charge is 2.29. The molecule has 0 aliphatic carbocycles. The van der Waals surface area contributed by atoms with Gasteiger partial charge in [-0.05, 0) is 75.5 Å². The van der Waals surface area contributed by atoms with E-state index in [1.165, 1.54) is 41.4 Å². The highest BCUT2D eigenvalue weighted by molar-refractivity contribution is 7.99. The topological polar surface area (TPSA) is 35.6 Å². The third kappa shape index (κ3) is 4.68. The molecule has 0 bridgehead atoms. The van der Waals surface area contributed by atoms with E-state index in [2.05, 4.69) is 72.3 Å². The molecule has 2 aliphatic rings. The Morgan fingerprint density at radius 2 is 1.77 bits per heavy atom. The number of hydrogen-bond donors (Lipinski definition) is 1. The molecule has 0 unspecified atom stereocenters. The average Bonchev–Trinajstić information content (AvgIpc) is 3.24. The first kappa shape index (κ1) is 21.3. The maximum absolute atomic E-state index is 12.8. The zero-order chi connectivity index (χ0) is 21.1. The zero-order valence-electron chi connectivity index (χ0n) is 18.4. The number of carbonyl (C=O) groups excluding carboxylic acids is 1. The van der Waals surface area contributed by atoms with E-state index in [1.54, 1.807) is 11.8 Å². The minimum atomic E-state index is 0.0226. The van der Waals surface area contributed by atoms with Gasteiger partial charge in [-0.15, -0.1) is 0 Å². The lowest BCUT2D eigenvalue weighted by Gasteiger charge is -2.39. The number of carbonyl (C=O) groups is 1. The van der Waals surface area contributed by atoms with Crippen molar-refractivity contribution < 1.29 is 4.79 Å². The highest BCUT2D eigenvalue weighted by atomic mass is 32.2. The van der Waals surface area contributed by atoms with Gasteiger partial charge in [-0.2, -0.15) is 0 Å². The molecule has 1 atom stereocenters. The Hall–Kier alpha value is -1.98. The quantitative estimate of drug-likeness (QED) is 0.633. The molecule has 0 radical (unpaired) electrons. The minimum absolute atomic E-state index is 0.0226. The third-order valence-corrected chi connectivity index (χ3v) is 7.12. The average molecular weight is 424 g/mol. The second kappa shape index (κ2) is 9.44. The molecular weight excluding hydrogens is 390 g/mol. The van der Waals surface area contributed by atoms with Crippen LogP contribution in [0.3, 0.4) is 0 Å². The predicted octanol–water partition coefficient (Wildman–Crippen LogP) is 5.55. The molecule has 4 rings (SSSR count). The van der Waals surface area contributed by atoms with Crippen molar-refractivity contribution in [3.63, 3.8) is 0 Å². The summed E-state index contributed by atoms with van der Waals surface area (Å²) in [4.78, 5) is 20.3. The van der Waals surface area contributed by atoms with Crippen molar-refractivity contribution in [2.45, 2.75) is 55.9 Å². The van der Waals surface area contributed by atoms with Crippen LogP contribution in [0, 0.1) is 5.92 Å². The van der Waals surface area contributed by atoms with Gasteiger partial charge in [0, 0.05) is 34.5 Å². The van der Waals surface area contributed by atoms with Gasteiger partial charge in [0.05, 0.1) is 11.4 Å². The van der Waals surface area contributed by atoms with Gasteiger partial charge in [-0.25, -0.2) is 0 Å². The smallest absolute Gasteiger partial charge is 0.251 e. The molecule has 2 heterocycles. The third-order valence-electron chi connectivity index (χ3n) is 5.99. The molecule has 1 saturated heterocycles. The maximum Gasteiger partial charge on any atom is 0.251 e. The molecule has 1 amide bonds. The van der Waals surface area contributed by atoms with E-state index < -0.39 is 0 Å². The number of benzene rings is 2. The normalized spacial score (nSPS) is 17.0. The van der Waals surface area contributed by atoms with E-state index in [4.69, 9.17) is 0 Å². The Balaban J connectivity index is 1.61. The van der Waals surface area contributed by atoms with Crippen molar-refractivity contribution in [1.29, 1.82) is 0 Å². The van der Waals surface area contributed by atoms with Gasteiger partial charge < -0.3 is 15.1 Å². The Labute approximate surface area is 185 Å².